The molecule has 1 N–H and O–H groups in total. The molecule has 1 atom stereocenters. The zero-order valence-corrected chi connectivity index (χ0v) is 13.6. The van der Waals surface area contributed by atoms with Crippen molar-refractivity contribution in [3.8, 4) is 0 Å². The van der Waals surface area contributed by atoms with Gasteiger partial charge in [0.05, 0.1) is 16.7 Å². The normalized spacial score (nSPS) is 12.5. The summed E-state index contributed by atoms with van der Waals surface area (Å²) in [7, 11) is 2.02. The van der Waals surface area contributed by atoms with E-state index in [0.717, 1.165) is 26.7 Å². The van der Waals surface area contributed by atoms with Gasteiger partial charge in [-0.05, 0) is 25.5 Å². The number of halogens is 1. The molecule has 102 valence electrons. The van der Waals surface area contributed by atoms with Gasteiger partial charge in [-0.15, -0.1) is 0 Å². The summed E-state index contributed by atoms with van der Waals surface area (Å²) < 4.78 is 1.10. The first kappa shape index (κ1) is 14.5. The Kier molecular flexibility index (Phi) is 4.60. The topological polar surface area (TPSA) is 36.4 Å². The fourth-order valence-electron chi connectivity index (χ4n) is 1.89. The Morgan fingerprint density at radius 1 is 1.42 bits per heavy atom. The molecule has 2 aromatic rings. The number of nitrogens with zero attached hydrogens (tertiary/aromatic N) is 2. The summed E-state index contributed by atoms with van der Waals surface area (Å²) in [5, 5.41) is 10.6. The molecule has 0 bridgehead atoms. The van der Waals surface area contributed by atoms with Gasteiger partial charge in [0.15, 0.2) is 5.13 Å². The number of rotatable bonds is 4. The van der Waals surface area contributed by atoms with E-state index in [-0.39, 0.29) is 0 Å². The van der Waals surface area contributed by atoms with Crippen LogP contribution in [0.25, 0.3) is 0 Å². The van der Waals surface area contributed by atoms with Crippen LogP contribution in [0.2, 0.25) is 0 Å². The molecule has 0 saturated heterocycles. The molecule has 19 heavy (non-hydrogen) atoms. The van der Waals surface area contributed by atoms with Gasteiger partial charge in [0, 0.05) is 18.1 Å². The van der Waals surface area contributed by atoms with Gasteiger partial charge < -0.3 is 10.0 Å². The standard InChI is InChI=1S/C14H17BrN2OS/c1-9-13(10(2)18)19-14(16-9)17(3)8-11-6-4-5-7-12(11)15/h4-7,10,18H,8H2,1-3H3. The van der Waals surface area contributed by atoms with Crippen LogP contribution in [0.15, 0.2) is 28.7 Å². The number of aromatic nitrogens is 1. The second kappa shape index (κ2) is 6.03. The molecular weight excluding hydrogens is 324 g/mol. The molecule has 0 spiro atoms. The van der Waals surface area contributed by atoms with Crippen molar-refractivity contribution in [1.82, 2.24) is 4.98 Å². The Hall–Kier alpha value is -0.910. The number of anilines is 1. The maximum Gasteiger partial charge on any atom is 0.185 e. The highest BCUT2D eigenvalue weighted by Gasteiger charge is 2.15. The third kappa shape index (κ3) is 3.35. The van der Waals surface area contributed by atoms with Gasteiger partial charge in [-0.3, -0.25) is 0 Å². The average Bonchev–Trinajstić information content (AvgIpc) is 2.74. The molecule has 0 aliphatic heterocycles. The highest BCUT2D eigenvalue weighted by molar-refractivity contribution is 9.10. The number of aliphatic hydroxyl groups excluding tert-OH is 1. The molecule has 0 saturated carbocycles. The van der Waals surface area contributed by atoms with E-state index in [1.165, 1.54) is 5.56 Å². The largest absolute Gasteiger partial charge is 0.388 e. The molecule has 1 aromatic heterocycles. The van der Waals surface area contributed by atoms with E-state index in [2.05, 4.69) is 31.9 Å². The minimum absolute atomic E-state index is 0.455. The Morgan fingerprint density at radius 2 is 2.11 bits per heavy atom. The second-order valence-electron chi connectivity index (χ2n) is 4.57. The van der Waals surface area contributed by atoms with Crippen LogP contribution >= 0.6 is 27.3 Å². The van der Waals surface area contributed by atoms with Crippen molar-refractivity contribution in [3.05, 3.63) is 44.9 Å². The van der Waals surface area contributed by atoms with Crippen LogP contribution in [0.4, 0.5) is 5.13 Å². The minimum atomic E-state index is -0.455. The fourth-order valence-corrected chi connectivity index (χ4v) is 3.27. The molecule has 3 nitrogen and oxygen atoms in total. The lowest BCUT2D eigenvalue weighted by molar-refractivity contribution is 0.202. The monoisotopic (exact) mass is 340 g/mol. The van der Waals surface area contributed by atoms with Crippen molar-refractivity contribution in [3.63, 3.8) is 0 Å². The number of aryl methyl sites for hydroxylation is 1. The summed E-state index contributed by atoms with van der Waals surface area (Å²) in [6.45, 7) is 4.50. The van der Waals surface area contributed by atoms with Crippen LogP contribution < -0.4 is 4.90 Å². The highest BCUT2D eigenvalue weighted by Crippen LogP contribution is 2.31. The van der Waals surface area contributed by atoms with E-state index in [1.54, 1.807) is 18.3 Å². The number of aliphatic hydroxyl groups is 1. The number of benzene rings is 1. The maximum atomic E-state index is 9.68. The molecule has 1 heterocycles. The van der Waals surface area contributed by atoms with E-state index in [1.807, 2.05) is 32.2 Å². The van der Waals surface area contributed by atoms with Crippen LogP contribution in [-0.4, -0.2) is 17.1 Å². The zero-order valence-electron chi connectivity index (χ0n) is 11.2. The number of hydrogen-bond acceptors (Lipinski definition) is 4. The molecule has 5 heteroatoms. The SMILES string of the molecule is Cc1nc(N(C)Cc2ccccc2Br)sc1C(C)O. The van der Waals surface area contributed by atoms with Gasteiger partial charge in [-0.1, -0.05) is 45.5 Å². The van der Waals surface area contributed by atoms with E-state index in [0.29, 0.717) is 0 Å². The number of hydrogen-bond donors (Lipinski definition) is 1. The van der Waals surface area contributed by atoms with Crippen LogP contribution in [-0.2, 0) is 6.54 Å². The molecule has 2 rings (SSSR count). The number of thiazole rings is 1. The fraction of sp³-hybridized carbons (Fsp3) is 0.357. The van der Waals surface area contributed by atoms with Gasteiger partial charge in [0.25, 0.3) is 0 Å². The first-order valence-corrected chi connectivity index (χ1v) is 7.70. The molecule has 0 radical (unpaired) electrons. The van der Waals surface area contributed by atoms with Crippen molar-refractivity contribution < 1.29 is 5.11 Å². The summed E-state index contributed by atoms with van der Waals surface area (Å²) >= 11 is 5.11. The molecular formula is C14H17BrN2OS. The van der Waals surface area contributed by atoms with Crippen LogP contribution in [0.5, 0.6) is 0 Å². The molecule has 0 aliphatic carbocycles. The first-order chi connectivity index (χ1) is 8.99. The Morgan fingerprint density at radius 3 is 2.68 bits per heavy atom. The lowest BCUT2D eigenvalue weighted by atomic mass is 10.2. The summed E-state index contributed by atoms with van der Waals surface area (Å²) in [6.07, 6.45) is -0.455. The summed E-state index contributed by atoms with van der Waals surface area (Å²) in [5.74, 6) is 0. The average molecular weight is 341 g/mol. The predicted octanol–water partition coefficient (Wildman–Crippen LogP) is 3.90. The quantitative estimate of drug-likeness (QED) is 0.916. The molecule has 0 aliphatic rings. The lowest BCUT2D eigenvalue weighted by Gasteiger charge is -2.16. The Balaban J connectivity index is 2.19. The summed E-state index contributed by atoms with van der Waals surface area (Å²) in [6, 6.07) is 8.17. The second-order valence-corrected chi connectivity index (χ2v) is 6.43. The summed E-state index contributed by atoms with van der Waals surface area (Å²) in [4.78, 5) is 7.57. The van der Waals surface area contributed by atoms with Crippen LogP contribution in [0, 0.1) is 6.92 Å². The van der Waals surface area contributed by atoms with Crippen LogP contribution in [0.1, 0.15) is 29.2 Å². The first-order valence-electron chi connectivity index (χ1n) is 6.09. The summed E-state index contributed by atoms with van der Waals surface area (Å²) in [5.41, 5.74) is 2.13. The van der Waals surface area contributed by atoms with E-state index in [9.17, 15) is 5.11 Å². The van der Waals surface area contributed by atoms with E-state index >= 15 is 0 Å². The smallest absolute Gasteiger partial charge is 0.185 e. The van der Waals surface area contributed by atoms with E-state index in [4.69, 9.17) is 0 Å². The van der Waals surface area contributed by atoms with E-state index < -0.39 is 6.10 Å². The minimum Gasteiger partial charge on any atom is -0.388 e. The van der Waals surface area contributed by atoms with Crippen molar-refractivity contribution in [1.29, 1.82) is 0 Å². The zero-order chi connectivity index (χ0) is 14.0. The Labute approximate surface area is 126 Å². The van der Waals surface area contributed by atoms with Gasteiger partial charge in [-0.25, -0.2) is 4.98 Å². The van der Waals surface area contributed by atoms with Crippen LogP contribution in [0.3, 0.4) is 0 Å². The molecule has 0 fully saturated rings. The van der Waals surface area contributed by atoms with Crippen molar-refractivity contribution in [2.45, 2.75) is 26.5 Å². The molecule has 0 amide bonds. The van der Waals surface area contributed by atoms with Gasteiger partial charge in [-0.2, -0.15) is 0 Å². The molecule has 1 aromatic carbocycles. The molecule has 1 unspecified atom stereocenters. The third-order valence-electron chi connectivity index (χ3n) is 2.89. The maximum absolute atomic E-state index is 9.68. The lowest BCUT2D eigenvalue weighted by Crippen LogP contribution is -2.16. The van der Waals surface area contributed by atoms with Crippen molar-refractivity contribution in [2.24, 2.45) is 0 Å². The van der Waals surface area contributed by atoms with Crippen molar-refractivity contribution >= 4 is 32.4 Å². The predicted molar refractivity (Wildman–Crippen MR) is 83.7 cm³/mol. The van der Waals surface area contributed by atoms with Gasteiger partial charge in [0.2, 0.25) is 0 Å². The van der Waals surface area contributed by atoms with Gasteiger partial charge in [0.1, 0.15) is 0 Å². The third-order valence-corrected chi connectivity index (χ3v) is 5.11. The van der Waals surface area contributed by atoms with Crippen molar-refractivity contribution in [2.75, 3.05) is 11.9 Å². The van der Waals surface area contributed by atoms with Gasteiger partial charge >= 0.3 is 0 Å². The Bertz CT molecular complexity index is 568. The highest BCUT2D eigenvalue weighted by atomic mass is 79.9.